The number of halogens is 1. The van der Waals surface area contributed by atoms with Crippen LogP contribution in [0.3, 0.4) is 0 Å². The summed E-state index contributed by atoms with van der Waals surface area (Å²) in [6.07, 6.45) is 3.07. The van der Waals surface area contributed by atoms with E-state index in [1.165, 1.54) is 18.3 Å². The minimum atomic E-state index is -0.584. The Morgan fingerprint density at radius 2 is 2.48 bits per heavy atom. The molecule has 3 atom stereocenters. The van der Waals surface area contributed by atoms with Crippen LogP contribution in [0.15, 0.2) is 31.0 Å². The van der Waals surface area contributed by atoms with E-state index in [-0.39, 0.29) is 18.8 Å². The van der Waals surface area contributed by atoms with E-state index in [9.17, 15) is 9.18 Å². The fourth-order valence-electron chi connectivity index (χ4n) is 2.57. The molecule has 126 valence electrons. The van der Waals surface area contributed by atoms with Crippen molar-refractivity contribution in [1.82, 2.24) is 10.3 Å². The first-order valence-corrected chi connectivity index (χ1v) is 7.44. The van der Waals surface area contributed by atoms with E-state index >= 15 is 0 Å². The molecular formula is C16H21FN2O4. The number of nitrogens with zero attached hydrogens (tertiary/aromatic N) is 1. The maximum atomic E-state index is 13.4. The van der Waals surface area contributed by atoms with Gasteiger partial charge in [0.2, 0.25) is 5.95 Å². The van der Waals surface area contributed by atoms with Gasteiger partial charge in [-0.15, -0.1) is 0 Å². The van der Waals surface area contributed by atoms with E-state index < -0.39 is 18.1 Å². The zero-order chi connectivity index (χ0) is 16.7. The van der Waals surface area contributed by atoms with Gasteiger partial charge in [0, 0.05) is 19.9 Å². The van der Waals surface area contributed by atoms with Crippen molar-refractivity contribution in [2.45, 2.75) is 31.1 Å². The van der Waals surface area contributed by atoms with Crippen molar-refractivity contribution in [3.63, 3.8) is 0 Å². The van der Waals surface area contributed by atoms with Gasteiger partial charge in [0.1, 0.15) is 12.7 Å². The Morgan fingerprint density at radius 3 is 3.17 bits per heavy atom. The van der Waals surface area contributed by atoms with Crippen LogP contribution in [0.25, 0.3) is 0 Å². The minimum Gasteiger partial charge on any atom is -0.445 e. The molecule has 7 heteroatoms. The average Bonchev–Trinajstić information content (AvgIpc) is 2.93. The summed E-state index contributed by atoms with van der Waals surface area (Å²) in [5.74, 6) is -0.584. The lowest BCUT2D eigenvalue weighted by molar-refractivity contribution is 0.0201. The van der Waals surface area contributed by atoms with Gasteiger partial charge in [0.25, 0.3) is 0 Å². The Balaban J connectivity index is 2.07. The van der Waals surface area contributed by atoms with E-state index in [1.807, 2.05) is 0 Å². The summed E-state index contributed by atoms with van der Waals surface area (Å²) in [4.78, 5) is 15.3. The highest BCUT2D eigenvalue weighted by atomic mass is 19.1. The SMILES string of the molecule is C=CCOC(=O)N[C@@H]1C[C@@H](CCOC)O[C@H]1c1ccnc(F)c1. The van der Waals surface area contributed by atoms with E-state index in [0.29, 0.717) is 25.0 Å². The molecule has 1 fully saturated rings. The van der Waals surface area contributed by atoms with Crippen molar-refractivity contribution in [3.8, 4) is 0 Å². The third-order valence-electron chi connectivity index (χ3n) is 3.58. The van der Waals surface area contributed by atoms with Crippen molar-refractivity contribution >= 4 is 6.09 Å². The molecule has 0 radical (unpaired) electrons. The average molecular weight is 324 g/mol. The second-order valence-electron chi connectivity index (χ2n) is 5.25. The van der Waals surface area contributed by atoms with Crippen LogP contribution in [0.2, 0.25) is 0 Å². The van der Waals surface area contributed by atoms with Gasteiger partial charge in [0.05, 0.1) is 12.1 Å². The molecular weight excluding hydrogens is 303 g/mol. The molecule has 0 bridgehead atoms. The van der Waals surface area contributed by atoms with Crippen LogP contribution in [0.5, 0.6) is 0 Å². The standard InChI is InChI=1S/C16H21FN2O4/c1-3-7-22-16(20)19-13-10-12(5-8-21-2)23-15(13)11-4-6-18-14(17)9-11/h3-4,6,9,12-13,15H,1,5,7-8,10H2,2H3,(H,19,20)/t12-,13-,15+/m1/s1. The summed E-state index contributed by atoms with van der Waals surface area (Å²) < 4.78 is 29.3. The summed E-state index contributed by atoms with van der Waals surface area (Å²) in [6, 6.07) is 2.68. The highest BCUT2D eigenvalue weighted by molar-refractivity contribution is 5.67. The molecule has 2 heterocycles. The van der Waals surface area contributed by atoms with Crippen molar-refractivity contribution in [3.05, 3.63) is 42.5 Å². The number of pyridine rings is 1. The smallest absolute Gasteiger partial charge is 0.407 e. The molecule has 1 amide bonds. The van der Waals surface area contributed by atoms with Gasteiger partial charge < -0.3 is 19.5 Å². The number of amides is 1. The number of carbonyl (C=O) groups is 1. The number of nitrogens with one attached hydrogen (secondary N) is 1. The Morgan fingerprint density at radius 1 is 1.65 bits per heavy atom. The number of methoxy groups -OCH3 is 1. The van der Waals surface area contributed by atoms with Gasteiger partial charge in [-0.3, -0.25) is 0 Å². The first kappa shape index (κ1) is 17.4. The minimum absolute atomic E-state index is 0.0825. The summed E-state index contributed by atoms with van der Waals surface area (Å²) in [5.41, 5.74) is 0.631. The predicted molar refractivity (Wildman–Crippen MR) is 81.4 cm³/mol. The molecule has 0 saturated carbocycles. The number of hydrogen-bond donors (Lipinski definition) is 1. The molecule has 1 aliphatic heterocycles. The summed E-state index contributed by atoms with van der Waals surface area (Å²) in [5, 5.41) is 2.77. The van der Waals surface area contributed by atoms with E-state index in [2.05, 4.69) is 16.9 Å². The van der Waals surface area contributed by atoms with Crippen LogP contribution >= 0.6 is 0 Å². The lowest BCUT2D eigenvalue weighted by atomic mass is 10.0. The quantitative estimate of drug-likeness (QED) is 0.616. The number of carbonyl (C=O) groups excluding carboxylic acids is 1. The molecule has 1 saturated heterocycles. The highest BCUT2D eigenvalue weighted by Crippen LogP contribution is 2.34. The predicted octanol–water partition coefficient (Wildman–Crippen LogP) is 2.37. The largest absolute Gasteiger partial charge is 0.445 e. The second kappa shape index (κ2) is 8.59. The fraction of sp³-hybridized carbons (Fsp3) is 0.500. The summed E-state index contributed by atoms with van der Waals surface area (Å²) >= 11 is 0. The van der Waals surface area contributed by atoms with Crippen molar-refractivity contribution in [1.29, 1.82) is 0 Å². The molecule has 0 spiro atoms. The Bertz CT molecular complexity index is 541. The molecule has 23 heavy (non-hydrogen) atoms. The number of alkyl carbamates (subject to hydrolysis) is 1. The maximum Gasteiger partial charge on any atom is 0.407 e. The number of aromatic nitrogens is 1. The maximum absolute atomic E-state index is 13.4. The molecule has 1 aromatic heterocycles. The van der Waals surface area contributed by atoms with Gasteiger partial charge in [-0.25, -0.2) is 9.78 Å². The number of ether oxygens (including phenoxy) is 3. The first-order chi connectivity index (χ1) is 11.1. The molecule has 0 unspecified atom stereocenters. The van der Waals surface area contributed by atoms with Crippen LogP contribution in [0.1, 0.15) is 24.5 Å². The zero-order valence-corrected chi connectivity index (χ0v) is 13.0. The van der Waals surface area contributed by atoms with Crippen LogP contribution in [-0.4, -0.2) is 43.5 Å². The lowest BCUT2D eigenvalue weighted by Crippen LogP contribution is -2.37. The van der Waals surface area contributed by atoms with Crippen LogP contribution in [0, 0.1) is 5.95 Å². The molecule has 1 aromatic rings. The van der Waals surface area contributed by atoms with E-state index in [0.717, 1.165) is 0 Å². The second-order valence-corrected chi connectivity index (χ2v) is 5.25. The number of hydrogen-bond acceptors (Lipinski definition) is 5. The third kappa shape index (κ3) is 5.01. The molecule has 0 aliphatic carbocycles. The molecule has 0 aromatic carbocycles. The Labute approximate surface area is 134 Å². The van der Waals surface area contributed by atoms with Gasteiger partial charge in [0.15, 0.2) is 0 Å². The van der Waals surface area contributed by atoms with Gasteiger partial charge in [-0.2, -0.15) is 4.39 Å². The highest BCUT2D eigenvalue weighted by Gasteiger charge is 2.37. The number of rotatable bonds is 7. The molecule has 6 nitrogen and oxygen atoms in total. The summed E-state index contributed by atoms with van der Waals surface area (Å²) in [6.45, 7) is 4.17. The van der Waals surface area contributed by atoms with Crippen molar-refractivity contribution in [2.24, 2.45) is 0 Å². The Kier molecular flexibility index (Phi) is 6.49. The van der Waals surface area contributed by atoms with Crippen LogP contribution < -0.4 is 5.32 Å². The monoisotopic (exact) mass is 324 g/mol. The van der Waals surface area contributed by atoms with Gasteiger partial charge in [-0.1, -0.05) is 12.7 Å². The van der Waals surface area contributed by atoms with Gasteiger partial charge >= 0.3 is 6.09 Å². The lowest BCUT2D eigenvalue weighted by Gasteiger charge is -2.19. The topological polar surface area (TPSA) is 69.7 Å². The van der Waals surface area contributed by atoms with Crippen LogP contribution in [-0.2, 0) is 14.2 Å². The summed E-state index contributed by atoms with van der Waals surface area (Å²) in [7, 11) is 1.62. The molecule has 1 N–H and O–H groups in total. The molecule has 2 rings (SSSR count). The third-order valence-corrected chi connectivity index (χ3v) is 3.58. The van der Waals surface area contributed by atoms with Crippen molar-refractivity contribution < 1.29 is 23.4 Å². The van der Waals surface area contributed by atoms with E-state index in [4.69, 9.17) is 14.2 Å². The first-order valence-electron chi connectivity index (χ1n) is 7.44. The normalized spacial score (nSPS) is 23.5. The fourth-order valence-corrected chi connectivity index (χ4v) is 2.57. The van der Waals surface area contributed by atoms with Crippen LogP contribution in [0.4, 0.5) is 9.18 Å². The van der Waals surface area contributed by atoms with Crippen molar-refractivity contribution in [2.75, 3.05) is 20.3 Å². The van der Waals surface area contributed by atoms with Gasteiger partial charge in [-0.05, 0) is 30.5 Å². The Hall–Kier alpha value is -1.99. The zero-order valence-electron chi connectivity index (χ0n) is 13.0. The molecule has 1 aliphatic rings. The van der Waals surface area contributed by atoms with E-state index in [1.54, 1.807) is 13.2 Å².